The van der Waals surface area contributed by atoms with Crippen LogP contribution >= 0.6 is 11.6 Å². The maximum atomic E-state index is 6.53. The fourth-order valence-corrected chi connectivity index (χ4v) is 3.45. The zero-order valence-corrected chi connectivity index (χ0v) is 17.0. The molecule has 142 valence electrons. The predicted molar refractivity (Wildman–Crippen MR) is 115 cm³/mol. The number of hydrogen-bond acceptors (Lipinski definition) is 4. The van der Waals surface area contributed by atoms with Crippen LogP contribution in [0, 0.1) is 13.8 Å². The highest BCUT2D eigenvalue weighted by Crippen LogP contribution is 2.30. The highest BCUT2D eigenvalue weighted by atomic mass is 35.5. The van der Waals surface area contributed by atoms with Crippen molar-refractivity contribution >= 4 is 34.1 Å². The molecule has 0 unspecified atom stereocenters. The lowest BCUT2D eigenvalue weighted by atomic mass is 10.2. The first kappa shape index (κ1) is 18.4. The molecule has 0 saturated carbocycles. The SMILES string of the molecule is CCCn1c(-c2cnc(Nc3ccc(C)nc3)c(Cl)c2)nc2cc(C)ccc21. The van der Waals surface area contributed by atoms with E-state index in [1.165, 1.54) is 5.56 Å². The maximum absolute atomic E-state index is 6.53. The van der Waals surface area contributed by atoms with Gasteiger partial charge in [0.1, 0.15) is 11.6 Å². The molecule has 0 fully saturated rings. The lowest BCUT2D eigenvalue weighted by molar-refractivity contribution is 0.704. The fourth-order valence-electron chi connectivity index (χ4n) is 3.24. The van der Waals surface area contributed by atoms with Gasteiger partial charge in [-0.25, -0.2) is 9.97 Å². The van der Waals surface area contributed by atoms with E-state index < -0.39 is 0 Å². The monoisotopic (exact) mass is 391 g/mol. The number of nitrogens with zero attached hydrogens (tertiary/aromatic N) is 4. The van der Waals surface area contributed by atoms with Crippen molar-refractivity contribution in [1.82, 2.24) is 19.5 Å². The molecule has 0 aliphatic rings. The van der Waals surface area contributed by atoms with E-state index in [4.69, 9.17) is 16.6 Å². The van der Waals surface area contributed by atoms with Gasteiger partial charge in [0.05, 0.1) is 27.9 Å². The van der Waals surface area contributed by atoms with Crippen molar-refractivity contribution in [2.24, 2.45) is 0 Å². The summed E-state index contributed by atoms with van der Waals surface area (Å²) in [6, 6.07) is 12.2. The van der Waals surface area contributed by atoms with Gasteiger partial charge in [-0.3, -0.25) is 4.98 Å². The summed E-state index contributed by atoms with van der Waals surface area (Å²) in [6.07, 6.45) is 4.61. The molecule has 0 spiro atoms. The first-order valence-electron chi connectivity index (χ1n) is 9.37. The van der Waals surface area contributed by atoms with Gasteiger partial charge in [-0.05, 0) is 56.2 Å². The van der Waals surface area contributed by atoms with E-state index in [1.807, 2.05) is 31.3 Å². The number of imidazole rings is 1. The van der Waals surface area contributed by atoms with Crippen molar-refractivity contribution in [3.05, 3.63) is 65.1 Å². The molecule has 0 amide bonds. The smallest absolute Gasteiger partial charge is 0.149 e. The van der Waals surface area contributed by atoms with Gasteiger partial charge < -0.3 is 9.88 Å². The Bertz CT molecular complexity index is 1130. The van der Waals surface area contributed by atoms with E-state index >= 15 is 0 Å². The molecule has 5 nitrogen and oxygen atoms in total. The molecule has 28 heavy (non-hydrogen) atoms. The minimum absolute atomic E-state index is 0.546. The van der Waals surface area contributed by atoms with Crippen molar-refractivity contribution < 1.29 is 0 Å². The van der Waals surface area contributed by atoms with Crippen LogP contribution in [0.25, 0.3) is 22.4 Å². The summed E-state index contributed by atoms with van der Waals surface area (Å²) in [5.74, 6) is 1.49. The van der Waals surface area contributed by atoms with Gasteiger partial charge in [-0.1, -0.05) is 24.6 Å². The number of benzene rings is 1. The summed E-state index contributed by atoms with van der Waals surface area (Å²) >= 11 is 6.53. The number of hydrogen-bond donors (Lipinski definition) is 1. The third-order valence-electron chi connectivity index (χ3n) is 4.62. The molecule has 4 rings (SSSR count). The third kappa shape index (κ3) is 3.58. The number of nitrogens with one attached hydrogen (secondary N) is 1. The molecule has 0 atom stereocenters. The lowest BCUT2D eigenvalue weighted by Gasteiger charge is -2.11. The van der Waals surface area contributed by atoms with Crippen LogP contribution in [0.4, 0.5) is 11.5 Å². The zero-order chi connectivity index (χ0) is 19.7. The third-order valence-corrected chi connectivity index (χ3v) is 4.91. The number of aryl methyl sites for hydroxylation is 3. The Labute approximate surface area is 169 Å². The minimum Gasteiger partial charge on any atom is -0.338 e. The summed E-state index contributed by atoms with van der Waals surface area (Å²) in [5, 5.41) is 3.76. The molecule has 0 saturated heterocycles. The minimum atomic E-state index is 0.546. The second kappa shape index (κ2) is 7.60. The molecule has 0 radical (unpaired) electrons. The number of fused-ring (bicyclic) bond motifs is 1. The topological polar surface area (TPSA) is 55.6 Å². The van der Waals surface area contributed by atoms with E-state index in [-0.39, 0.29) is 0 Å². The van der Waals surface area contributed by atoms with Crippen molar-refractivity contribution in [2.45, 2.75) is 33.7 Å². The number of aromatic nitrogens is 4. The number of rotatable bonds is 5. The Kier molecular flexibility index (Phi) is 5.01. The first-order chi connectivity index (χ1) is 13.5. The molecule has 0 aliphatic heterocycles. The van der Waals surface area contributed by atoms with E-state index in [0.717, 1.165) is 46.8 Å². The Morgan fingerprint density at radius 2 is 1.89 bits per heavy atom. The number of halogens is 1. The Morgan fingerprint density at radius 3 is 2.61 bits per heavy atom. The van der Waals surface area contributed by atoms with E-state index in [1.54, 1.807) is 6.20 Å². The fraction of sp³-hybridized carbons (Fsp3) is 0.227. The number of pyridine rings is 2. The Morgan fingerprint density at radius 1 is 1.04 bits per heavy atom. The lowest BCUT2D eigenvalue weighted by Crippen LogP contribution is -2.01. The molecule has 3 heterocycles. The largest absolute Gasteiger partial charge is 0.338 e. The molecular weight excluding hydrogens is 370 g/mol. The van der Waals surface area contributed by atoms with Gasteiger partial charge >= 0.3 is 0 Å². The van der Waals surface area contributed by atoms with Crippen LogP contribution in [0.5, 0.6) is 0 Å². The van der Waals surface area contributed by atoms with Crippen LogP contribution in [0.1, 0.15) is 24.6 Å². The molecule has 3 aromatic heterocycles. The second-order valence-electron chi connectivity index (χ2n) is 6.95. The Hall–Kier alpha value is -2.92. The molecule has 1 N–H and O–H groups in total. The summed E-state index contributed by atoms with van der Waals surface area (Å²) in [6.45, 7) is 7.09. The van der Waals surface area contributed by atoms with Crippen LogP contribution in [-0.4, -0.2) is 19.5 Å². The zero-order valence-electron chi connectivity index (χ0n) is 16.2. The quantitative estimate of drug-likeness (QED) is 0.459. The average Bonchev–Trinajstić information content (AvgIpc) is 3.03. The number of anilines is 2. The maximum Gasteiger partial charge on any atom is 0.149 e. The molecule has 1 aromatic carbocycles. The first-order valence-corrected chi connectivity index (χ1v) is 9.75. The molecule has 4 aromatic rings. The predicted octanol–water partition coefficient (Wildman–Crippen LogP) is 5.92. The van der Waals surface area contributed by atoms with Crippen LogP contribution in [0.3, 0.4) is 0 Å². The van der Waals surface area contributed by atoms with Crippen molar-refractivity contribution in [3.8, 4) is 11.4 Å². The van der Waals surface area contributed by atoms with E-state index in [0.29, 0.717) is 10.8 Å². The summed E-state index contributed by atoms with van der Waals surface area (Å²) in [7, 11) is 0. The van der Waals surface area contributed by atoms with Gasteiger partial charge in [-0.2, -0.15) is 0 Å². The summed E-state index contributed by atoms with van der Waals surface area (Å²) in [4.78, 5) is 13.7. The Balaban J connectivity index is 1.72. The second-order valence-corrected chi connectivity index (χ2v) is 7.35. The van der Waals surface area contributed by atoms with Gasteiger partial charge in [0.25, 0.3) is 0 Å². The standard InChI is InChI=1S/C22H22ClN5/c1-4-9-28-20-8-5-14(2)10-19(20)27-22(28)16-11-18(23)21(25-12-16)26-17-7-6-15(3)24-13-17/h5-8,10-13H,4,9H2,1-3H3,(H,25,26). The average molecular weight is 392 g/mol. The normalized spacial score (nSPS) is 11.1. The molecular formula is C22H22ClN5. The molecule has 0 bridgehead atoms. The van der Waals surface area contributed by atoms with Gasteiger partial charge in [0.2, 0.25) is 0 Å². The summed E-state index contributed by atoms with van der Waals surface area (Å²) in [5.41, 5.74) is 6.04. The highest BCUT2D eigenvalue weighted by molar-refractivity contribution is 6.33. The van der Waals surface area contributed by atoms with Gasteiger partial charge in [0.15, 0.2) is 0 Å². The van der Waals surface area contributed by atoms with Crippen LogP contribution < -0.4 is 5.32 Å². The van der Waals surface area contributed by atoms with Crippen LogP contribution in [0.15, 0.2) is 48.8 Å². The summed E-state index contributed by atoms with van der Waals surface area (Å²) < 4.78 is 2.24. The molecule has 6 heteroatoms. The van der Waals surface area contributed by atoms with Crippen molar-refractivity contribution in [2.75, 3.05) is 5.32 Å². The van der Waals surface area contributed by atoms with Crippen molar-refractivity contribution in [1.29, 1.82) is 0 Å². The molecule has 0 aliphatic carbocycles. The van der Waals surface area contributed by atoms with Gasteiger partial charge in [0, 0.05) is 24.0 Å². The van der Waals surface area contributed by atoms with Crippen LogP contribution in [0.2, 0.25) is 5.02 Å². The van der Waals surface area contributed by atoms with Crippen LogP contribution in [-0.2, 0) is 6.54 Å². The van der Waals surface area contributed by atoms with Gasteiger partial charge in [-0.15, -0.1) is 0 Å². The highest BCUT2D eigenvalue weighted by Gasteiger charge is 2.14. The van der Waals surface area contributed by atoms with E-state index in [9.17, 15) is 0 Å². The van der Waals surface area contributed by atoms with Crippen molar-refractivity contribution in [3.63, 3.8) is 0 Å². The van der Waals surface area contributed by atoms with E-state index in [2.05, 4.69) is 51.9 Å².